The average Bonchev–Trinajstić information content (AvgIpc) is 3.06. The monoisotopic (exact) mass is 303 g/mol. The van der Waals surface area contributed by atoms with Crippen LogP contribution in [0.15, 0.2) is 15.5 Å². The Morgan fingerprint density at radius 1 is 1.47 bits per heavy atom. The molecule has 0 unspecified atom stereocenters. The number of methoxy groups -OCH3 is 1. The maximum Gasteiger partial charge on any atom is 0.235 e. The fourth-order valence-electron chi connectivity index (χ4n) is 1.75. The minimum Gasteiger partial charge on any atom is -0.491 e. The van der Waals surface area contributed by atoms with E-state index in [1.165, 1.54) is 19.3 Å². The van der Waals surface area contributed by atoms with E-state index in [1.54, 1.807) is 0 Å². The second-order valence-electron chi connectivity index (χ2n) is 3.80. The van der Waals surface area contributed by atoms with Crippen molar-refractivity contribution in [3.05, 3.63) is 27.7 Å². The van der Waals surface area contributed by atoms with E-state index in [0.29, 0.717) is 12.8 Å². The van der Waals surface area contributed by atoms with Gasteiger partial charge in [0.2, 0.25) is 6.08 Å². The largest absolute Gasteiger partial charge is 0.491 e. The second kappa shape index (κ2) is 4.20. The second-order valence-corrected chi connectivity index (χ2v) is 4.66. The normalized spacial score (nSPS) is 16.2. The lowest BCUT2D eigenvalue weighted by molar-refractivity contribution is 0.354. The molecule has 1 aliphatic carbocycles. The Labute approximate surface area is 105 Å². The van der Waals surface area contributed by atoms with Crippen LogP contribution in [-0.4, -0.2) is 13.2 Å². The van der Waals surface area contributed by atoms with Gasteiger partial charge in [-0.3, -0.25) is 0 Å². The summed E-state index contributed by atoms with van der Waals surface area (Å²) in [4.78, 5) is 13.9. The molecule has 1 aromatic rings. The molecule has 0 aliphatic heterocycles. The summed E-state index contributed by atoms with van der Waals surface area (Å²) in [6.45, 7) is 0. The molecule has 6 heteroatoms. The van der Waals surface area contributed by atoms with E-state index in [9.17, 15) is 13.6 Å². The molecule has 0 aromatic heterocycles. The zero-order valence-electron chi connectivity index (χ0n) is 8.89. The van der Waals surface area contributed by atoms with Gasteiger partial charge in [0.15, 0.2) is 17.4 Å². The first kappa shape index (κ1) is 12.2. The summed E-state index contributed by atoms with van der Waals surface area (Å²) in [6.07, 6.45) is 2.51. The number of benzene rings is 1. The zero-order valence-corrected chi connectivity index (χ0v) is 10.5. The highest BCUT2D eigenvalue weighted by molar-refractivity contribution is 9.10. The van der Waals surface area contributed by atoms with Gasteiger partial charge >= 0.3 is 0 Å². The van der Waals surface area contributed by atoms with Crippen molar-refractivity contribution >= 4 is 22.0 Å². The van der Waals surface area contributed by atoms with Crippen molar-refractivity contribution in [3.63, 3.8) is 0 Å². The van der Waals surface area contributed by atoms with Gasteiger partial charge in [-0.15, -0.1) is 0 Å². The minimum atomic E-state index is -0.894. The van der Waals surface area contributed by atoms with E-state index < -0.39 is 22.9 Å². The molecule has 3 nitrogen and oxygen atoms in total. The highest BCUT2D eigenvalue weighted by atomic mass is 79.9. The van der Waals surface area contributed by atoms with Gasteiger partial charge in [-0.2, -0.15) is 4.99 Å². The first-order valence-electron chi connectivity index (χ1n) is 4.87. The van der Waals surface area contributed by atoms with Crippen molar-refractivity contribution in [2.45, 2.75) is 18.4 Å². The summed E-state index contributed by atoms with van der Waals surface area (Å²) in [7, 11) is 1.18. The van der Waals surface area contributed by atoms with Crippen LogP contribution in [0, 0.1) is 11.6 Å². The van der Waals surface area contributed by atoms with Crippen LogP contribution in [0.1, 0.15) is 18.4 Å². The van der Waals surface area contributed by atoms with Gasteiger partial charge in [-0.1, -0.05) is 0 Å². The lowest BCUT2D eigenvalue weighted by atomic mass is 10.0. The number of ether oxygens (including phenoxy) is 1. The minimum absolute atomic E-state index is 0.0816. The highest BCUT2D eigenvalue weighted by Crippen LogP contribution is 2.52. The molecule has 0 saturated heterocycles. The fraction of sp³-hybridized carbons (Fsp3) is 0.364. The SMILES string of the molecule is COc1c(F)c(Br)cc(C2(N=C=O)CC2)c1F. The van der Waals surface area contributed by atoms with E-state index in [4.69, 9.17) is 0 Å². The van der Waals surface area contributed by atoms with Crippen LogP contribution in [0.25, 0.3) is 0 Å². The fourth-order valence-corrected chi connectivity index (χ4v) is 2.15. The predicted molar refractivity (Wildman–Crippen MR) is 59.6 cm³/mol. The smallest absolute Gasteiger partial charge is 0.235 e. The van der Waals surface area contributed by atoms with Crippen LogP contribution in [0.3, 0.4) is 0 Å². The quantitative estimate of drug-likeness (QED) is 0.489. The van der Waals surface area contributed by atoms with Crippen molar-refractivity contribution < 1.29 is 18.3 Å². The number of hydrogen-bond acceptors (Lipinski definition) is 3. The molecular formula is C11H8BrF2NO2. The van der Waals surface area contributed by atoms with Crippen LogP contribution in [0.5, 0.6) is 5.75 Å². The molecule has 1 fully saturated rings. The molecule has 0 N–H and O–H groups in total. The molecule has 17 heavy (non-hydrogen) atoms. The Morgan fingerprint density at radius 2 is 2.12 bits per heavy atom. The Morgan fingerprint density at radius 3 is 2.59 bits per heavy atom. The van der Waals surface area contributed by atoms with Crippen LogP contribution >= 0.6 is 15.9 Å². The lowest BCUT2D eigenvalue weighted by Gasteiger charge is -2.14. The first-order valence-corrected chi connectivity index (χ1v) is 5.66. The number of hydrogen-bond donors (Lipinski definition) is 0. The Hall–Kier alpha value is -1.26. The van der Waals surface area contributed by atoms with Gasteiger partial charge in [0.1, 0.15) is 5.54 Å². The highest BCUT2D eigenvalue weighted by Gasteiger charge is 2.48. The topological polar surface area (TPSA) is 38.7 Å². The van der Waals surface area contributed by atoms with E-state index in [0.717, 1.165) is 0 Å². The first-order chi connectivity index (χ1) is 8.05. The van der Waals surface area contributed by atoms with E-state index in [-0.39, 0.29) is 10.0 Å². The molecule has 1 saturated carbocycles. The summed E-state index contributed by atoms with van der Waals surface area (Å²) in [6, 6.07) is 1.29. The van der Waals surface area contributed by atoms with Crippen molar-refractivity contribution in [3.8, 4) is 5.75 Å². The van der Waals surface area contributed by atoms with Gasteiger partial charge in [0.05, 0.1) is 11.6 Å². The van der Waals surface area contributed by atoms with Crippen molar-refractivity contribution in [1.82, 2.24) is 0 Å². The van der Waals surface area contributed by atoms with E-state index in [2.05, 4.69) is 25.7 Å². The molecule has 1 aliphatic rings. The third-order valence-corrected chi connectivity index (χ3v) is 3.38. The van der Waals surface area contributed by atoms with Crippen LogP contribution in [0.2, 0.25) is 0 Å². The van der Waals surface area contributed by atoms with Crippen LogP contribution in [0.4, 0.5) is 8.78 Å². The van der Waals surface area contributed by atoms with Crippen molar-refractivity contribution in [1.29, 1.82) is 0 Å². The molecular weight excluding hydrogens is 296 g/mol. The number of halogens is 3. The number of aliphatic imine (C=N–C) groups is 1. The van der Waals surface area contributed by atoms with Crippen molar-refractivity contribution in [2.75, 3.05) is 7.11 Å². The van der Waals surface area contributed by atoms with Gasteiger partial charge in [-0.25, -0.2) is 13.6 Å². The molecule has 0 amide bonds. The van der Waals surface area contributed by atoms with E-state index in [1.807, 2.05) is 0 Å². The maximum atomic E-state index is 14.0. The number of isocyanates is 1. The average molecular weight is 304 g/mol. The van der Waals surface area contributed by atoms with Gasteiger partial charge < -0.3 is 4.74 Å². The number of carbonyl (C=O) groups excluding carboxylic acids is 1. The van der Waals surface area contributed by atoms with Gasteiger partial charge in [0, 0.05) is 5.56 Å². The molecule has 0 heterocycles. The third kappa shape index (κ3) is 1.87. The van der Waals surface area contributed by atoms with Gasteiger partial charge in [0.25, 0.3) is 0 Å². The molecule has 0 atom stereocenters. The number of rotatable bonds is 3. The lowest BCUT2D eigenvalue weighted by Crippen LogP contribution is -2.08. The van der Waals surface area contributed by atoms with Crippen LogP contribution in [-0.2, 0) is 10.3 Å². The Bertz CT molecular complexity index is 523. The van der Waals surface area contributed by atoms with Crippen LogP contribution < -0.4 is 4.74 Å². The zero-order chi connectivity index (χ0) is 12.6. The molecule has 0 bridgehead atoms. The Balaban J connectivity index is 2.64. The van der Waals surface area contributed by atoms with Gasteiger partial charge in [-0.05, 0) is 34.8 Å². The summed E-state index contributed by atoms with van der Waals surface area (Å²) >= 11 is 2.98. The molecule has 90 valence electrons. The Kier molecular flexibility index (Phi) is 3.02. The molecule has 2 rings (SSSR count). The summed E-state index contributed by atoms with van der Waals surface area (Å²) in [5.74, 6) is -2.09. The van der Waals surface area contributed by atoms with E-state index >= 15 is 0 Å². The van der Waals surface area contributed by atoms with Crippen molar-refractivity contribution in [2.24, 2.45) is 4.99 Å². The third-order valence-electron chi connectivity index (χ3n) is 2.80. The summed E-state index contributed by atoms with van der Waals surface area (Å²) < 4.78 is 32.3. The molecule has 1 aromatic carbocycles. The maximum absolute atomic E-state index is 14.0. The standard InChI is InChI=1S/C11H8BrF2NO2/c1-17-10-8(13)6(4-7(12)9(10)14)11(2-3-11)15-5-16/h4H,2-3H2,1H3. The molecule has 0 spiro atoms. The summed E-state index contributed by atoms with van der Waals surface area (Å²) in [5.41, 5.74) is -0.735. The predicted octanol–water partition coefficient (Wildman–Crippen LogP) is 3.06. The number of nitrogens with zero attached hydrogens (tertiary/aromatic N) is 1. The summed E-state index contributed by atoms with van der Waals surface area (Å²) in [5, 5.41) is 0. The molecule has 0 radical (unpaired) electrons.